The lowest BCUT2D eigenvalue weighted by molar-refractivity contribution is 0.0696. The van der Waals surface area contributed by atoms with Gasteiger partial charge in [-0.3, -0.25) is 0 Å². The van der Waals surface area contributed by atoms with Gasteiger partial charge < -0.3 is 10.8 Å². The minimum Gasteiger partial charge on any atom is -0.478 e. The summed E-state index contributed by atoms with van der Waals surface area (Å²) < 4.78 is 1.43. The lowest BCUT2D eigenvalue weighted by atomic mass is 9.95. The Labute approximate surface area is 110 Å². The smallest absolute Gasteiger partial charge is 0.337 e. The molecule has 1 aromatic heterocycles. The fraction of sp³-hybridized carbons (Fsp3) is 0.333. The number of benzene rings is 1. The second-order valence-corrected chi connectivity index (χ2v) is 5.25. The van der Waals surface area contributed by atoms with Gasteiger partial charge in [-0.15, -0.1) is 5.10 Å². The number of hydrogen-bond donors (Lipinski definition) is 2. The third-order valence-electron chi connectivity index (χ3n) is 2.62. The highest BCUT2D eigenvalue weighted by Gasteiger charge is 2.25. The van der Waals surface area contributed by atoms with Crippen LogP contribution in [0.3, 0.4) is 0 Å². The number of carboxylic acids is 1. The normalized spacial score (nSPS) is 11.5. The quantitative estimate of drug-likeness (QED) is 0.787. The molecule has 0 saturated heterocycles. The third-order valence-corrected chi connectivity index (χ3v) is 2.62. The number of carbonyl (C=O) groups is 1. The molecule has 0 saturated carbocycles. The summed E-state index contributed by atoms with van der Waals surface area (Å²) in [4.78, 5) is 11.3. The van der Waals surface area contributed by atoms with Gasteiger partial charge in [-0.25, -0.2) is 4.79 Å². The molecule has 0 aliphatic carbocycles. The molecule has 2 rings (SSSR count). The Hall–Kier alpha value is -2.44. The summed E-state index contributed by atoms with van der Waals surface area (Å²) in [5.41, 5.74) is 6.16. The number of aromatic nitrogens is 4. The van der Waals surface area contributed by atoms with Crippen molar-refractivity contribution in [1.82, 2.24) is 20.2 Å². The molecular weight excluding hydrogens is 246 g/mol. The Bertz CT molecular complexity index is 627. The number of nitrogen functional groups attached to an aromatic ring is 1. The molecule has 0 atom stereocenters. The van der Waals surface area contributed by atoms with Crippen molar-refractivity contribution in [2.24, 2.45) is 0 Å². The van der Waals surface area contributed by atoms with E-state index in [2.05, 4.69) is 15.5 Å². The SMILES string of the molecule is CC(C)(C)c1nnnn1-c1ccc(N)cc1C(=O)O. The van der Waals surface area contributed by atoms with E-state index in [1.54, 1.807) is 12.1 Å². The van der Waals surface area contributed by atoms with Crippen LogP contribution in [0.2, 0.25) is 0 Å². The van der Waals surface area contributed by atoms with E-state index >= 15 is 0 Å². The first-order chi connectivity index (χ1) is 8.80. The molecule has 100 valence electrons. The lowest BCUT2D eigenvalue weighted by Crippen LogP contribution is -2.20. The molecule has 7 nitrogen and oxygen atoms in total. The van der Waals surface area contributed by atoms with Crippen LogP contribution in [0.5, 0.6) is 0 Å². The van der Waals surface area contributed by atoms with Gasteiger partial charge in [0, 0.05) is 11.1 Å². The van der Waals surface area contributed by atoms with Crippen LogP contribution in [0.15, 0.2) is 18.2 Å². The summed E-state index contributed by atoms with van der Waals surface area (Å²) in [5, 5.41) is 20.7. The Morgan fingerprint density at radius 3 is 2.63 bits per heavy atom. The molecule has 0 bridgehead atoms. The number of nitrogens with two attached hydrogens (primary N) is 1. The van der Waals surface area contributed by atoms with Crippen molar-refractivity contribution in [1.29, 1.82) is 0 Å². The predicted octanol–water partition coefficient (Wildman–Crippen LogP) is 1.24. The van der Waals surface area contributed by atoms with Crippen LogP contribution in [0.4, 0.5) is 5.69 Å². The van der Waals surface area contributed by atoms with Crippen molar-refractivity contribution in [3.05, 3.63) is 29.6 Å². The standard InChI is InChI=1S/C12H15N5O2/c1-12(2,3)11-14-15-16-17(11)9-5-4-7(13)6-8(9)10(18)19/h4-6H,13H2,1-3H3,(H,18,19). The van der Waals surface area contributed by atoms with E-state index in [0.717, 1.165) is 0 Å². The largest absolute Gasteiger partial charge is 0.478 e. The Morgan fingerprint density at radius 2 is 2.05 bits per heavy atom. The van der Waals surface area contributed by atoms with E-state index < -0.39 is 5.97 Å². The molecule has 3 N–H and O–H groups in total. The molecule has 0 spiro atoms. The fourth-order valence-corrected chi connectivity index (χ4v) is 1.73. The zero-order valence-electron chi connectivity index (χ0n) is 11.0. The zero-order valence-corrected chi connectivity index (χ0v) is 11.0. The Balaban J connectivity index is 2.67. The molecular formula is C12H15N5O2. The first kappa shape index (κ1) is 13.0. The molecule has 0 amide bonds. The van der Waals surface area contributed by atoms with E-state index in [9.17, 15) is 9.90 Å². The van der Waals surface area contributed by atoms with Gasteiger partial charge in [0.2, 0.25) is 0 Å². The summed E-state index contributed by atoms with van der Waals surface area (Å²) in [6.45, 7) is 5.85. The number of carboxylic acid groups (broad SMARTS) is 1. The van der Waals surface area contributed by atoms with Crippen LogP contribution in [0, 0.1) is 0 Å². The number of rotatable bonds is 2. The average Bonchev–Trinajstić information content (AvgIpc) is 2.77. The molecule has 0 aliphatic heterocycles. The van der Waals surface area contributed by atoms with E-state index in [1.807, 2.05) is 20.8 Å². The van der Waals surface area contributed by atoms with Crippen LogP contribution < -0.4 is 5.73 Å². The molecule has 0 unspecified atom stereocenters. The summed E-state index contributed by atoms with van der Waals surface area (Å²) >= 11 is 0. The van der Waals surface area contributed by atoms with Crippen molar-refractivity contribution >= 4 is 11.7 Å². The van der Waals surface area contributed by atoms with Gasteiger partial charge in [-0.05, 0) is 28.6 Å². The highest BCUT2D eigenvalue weighted by molar-refractivity contribution is 5.93. The van der Waals surface area contributed by atoms with Crippen molar-refractivity contribution in [3.8, 4) is 5.69 Å². The van der Waals surface area contributed by atoms with Gasteiger partial charge in [0.1, 0.15) is 0 Å². The molecule has 1 heterocycles. The van der Waals surface area contributed by atoms with E-state index in [1.165, 1.54) is 10.7 Å². The topological polar surface area (TPSA) is 107 Å². The van der Waals surface area contributed by atoms with E-state index in [0.29, 0.717) is 17.2 Å². The van der Waals surface area contributed by atoms with Crippen molar-refractivity contribution < 1.29 is 9.90 Å². The highest BCUT2D eigenvalue weighted by Crippen LogP contribution is 2.24. The van der Waals surface area contributed by atoms with E-state index in [-0.39, 0.29) is 11.0 Å². The van der Waals surface area contributed by atoms with Gasteiger partial charge in [0.15, 0.2) is 5.82 Å². The van der Waals surface area contributed by atoms with Gasteiger partial charge in [0.25, 0.3) is 0 Å². The monoisotopic (exact) mass is 261 g/mol. The number of tetrazole rings is 1. The lowest BCUT2D eigenvalue weighted by Gasteiger charge is -2.18. The molecule has 19 heavy (non-hydrogen) atoms. The Kier molecular flexibility index (Phi) is 2.97. The number of aromatic carboxylic acids is 1. The second kappa shape index (κ2) is 4.34. The number of anilines is 1. The first-order valence-corrected chi connectivity index (χ1v) is 5.73. The van der Waals surface area contributed by atoms with Gasteiger partial charge in [0.05, 0.1) is 11.3 Å². The zero-order chi connectivity index (χ0) is 14.2. The summed E-state index contributed by atoms with van der Waals surface area (Å²) in [6, 6.07) is 4.62. The summed E-state index contributed by atoms with van der Waals surface area (Å²) in [7, 11) is 0. The minimum atomic E-state index is -1.07. The van der Waals surface area contributed by atoms with Crippen LogP contribution in [-0.2, 0) is 5.41 Å². The number of nitrogens with zero attached hydrogens (tertiary/aromatic N) is 4. The molecule has 7 heteroatoms. The molecule has 0 fully saturated rings. The Morgan fingerprint density at radius 1 is 1.37 bits per heavy atom. The molecule has 0 radical (unpaired) electrons. The average molecular weight is 261 g/mol. The van der Waals surface area contributed by atoms with Crippen molar-refractivity contribution in [3.63, 3.8) is 0 Å². The third kappa shape index (κ3) is 2.40. The number of hydrogen-bond acceptors (Lipinski definition) is 5. The maximum absolute atomic E-state index is 11.3. The fourth-order valence-electron chi connectivity index (χ4n) is 1.73. The molecule has 1 aromatic carbocycles. The van der Waals surface area contributed by atoms with Crippen LogP contribution >= 0.6 is 0 Å². The predicted molar refractivity (Wildman–Crippen MR) is 69.2 cm³/mol. The van der Waals surface area contributed by atoms with Crippen LogP contribution in [0.1, 0.15) is 37.0 Å². The maximum Gasteiger partial charge on any atom is 0.337 e. The highest BCUT2D eigenvalue weighted by atomic mass is 16.4. The van der Waals surface area contributed by atoms with Gasteiger partial charge in [-0.1, -0.05) is 20.8 Å². The summed E-state index contributed by atoms with van der Waals surface area (Å²) in [6.07, 6.45) is 0. The van der Waals surface area contributed by atoms with Crippen molar-refractivity contribution in [2.45, 2.75) is 26.2 Å². The van der Waals surface area contributed by atoms with Crippen molar-refractivity contribution in [2.75, 3.05) is 5.73 Å². The van der Waals surface area contributed by atoms with Gasteiger partial charge in [-0.2, -0.15) is 4.68 Å². The van der Waals surface area contributed by atoms with Crippen LogP contribution in [0.25, 0.3) is 5.69 Å². The maximum atomic E-state index is 11.3. The minimum absolute atomic E-state index is 0.0674. The summed E-state index contributed by atoms with van der Waals surface area (Å²) in [5.74, 6) is -0.488. The van der Waals surface area contributed by atoms with E-state index in [4.69, 9.17) is 5.73 Å². The van der Waals surface area contributed by atoms with Crippen LogP contribution in [-0.4, -0.2) is 31.3 Å². The molecule has 2 aromatic rings. The molecule has 0 aliphatic rings. The van der Waals surface area contributed by atoms with Gasteiger partial charge >= 0.3 is 5.97 Å². The second-order valence-electron chi connectivity index (χ2n) is 5.25. The first-order valence-electron chi connectivity index (χ1n) is 5.73.